The van der Waals surface area contributed by atoms with Crippen LogP contribution in [0.3, 0.4) is 0 Å². The first kappa shape index (κ1) is 28.1. The van der Waals surface area contributed by atoms with Gasteiger partial charge in [0.05, 0.1) is 0 Å². The van der Waals surface area contributed by atoms with E-state index in [9.17, 15) is 19.2 Å². The van der Waals surface area contributed by atoms with Crippen LogP contribution in [0.2, 0.25) is 0 Å². The molecule has 0 aromatic carbocycles. The highest BCUT2D eigenvalue weighted by Gasteiger charge is 2.24. The molecular formula is C20H36O8. The maximum atomic E-state index is 10.5. The van der Waals surface area contributed by atoms with E-state index in [1.165, 1.54) is 12.8 Å². The lowest BCUT2D eigenvalue weighted by molar-refractivity contribution is -0.155. The van der Waals surface area contributed by atoms with Crippen LogP contribution in [0.1, 0.15) is 96.8 Å². The predicted molar refractivity (Wildman–Crippen MR) is 104 cm³/mol. The van der Waals surface area contributed by atoms with Crippen molar-refractivity contribution in [2.24, 2.45) is 5.92 Å². The first-order chi connectivity index (χ1) is 13.2. The first-order valence-electron chi connectivity index (χ1n) is 10.1. The Bertz CT molecular complexity index is 415. The van der Waals surface area contributed by atoms with Crippen LogP contribution >= 0.6 is 0 Å². The number of hydrogen-bond donors (Lipinski definition) is 4. The minimum absolute atomic E-state index is 0.221. The minimum Gasteiger partial charge on any atom is -0.481 e. The van der Waals surface area contributed by atoms with Gasteiger partial charge in [-0.05, 0) is 19.3 Å². The summed E-state index contributed by atoms with van der Waals surface area (Å²) in [6.45, 7) is 2.13. The predicted octanol–water partition coefficient (Wildman–Crippen LogP) is 4.41. The molecule has 0 aromatic heterocycles. The summed E-state index contributed by atoms with van der Waals surface area (Å²) in [6, 6.07) is 0. The van der Waals surface area contributed by atoms with E-state index in [1.54, 1.807) is 0 Å². The van der Waals surface area contributed by atoms with Gasteiger partial charge >= 0.3 is 23.9 Å². The number of aliphatic carboxylic acids is 4. The van der Waals surface area contributed by atoms with Crippen molar-refractivity contribution in [2.75, 3.05) is 0 Å². The molecule has 8 heteroatoms. The zero-order valence-electron chi connectivity index (χ0n) is 16.9. The second-order valence-corrected chi connectivity index (χ2v) is 6.84. The zero-order valence-corrected chi connectivity index (χ0v) is 16.9. The van der Waals surface area contributed by atoms with Gasteiger partial charge in [-0.2, -0.15) is 0 Å². The fourth-order valence-corrected chi connectivity index (χ4v) is 2.56. The van der Waals surface area contributed by atoms with Crippen LogP contribution in [0, 0.1) is 5.92 Å². The van der Waals surface area contributed by atoms with Crippen LogP contribution in [0.25, 0.3) is 0 Å². The first-order valence-corrected chi connectivity index (χ1v) is 10.1. The average Bonchev–Trinajstić information content (AvgIpc) is 2.59. The molecule has 0 radical (unpaired) electrons. The molecule has 0 saturated heterocycles. The summed E-state index contributed by atoms with van der Waals surface area (Å²) in [6.07, 6.45) is 11.0. The van der Waals surface area contributed by atoms with E-state index >= 15 is 0 Å². The van der Waals surface area contributed by atoms with Gasteiger partial charge < -0.3 is 20.4 Å². The van der Waals surface area contributed by atoms with Crippen molar-refractivity contribution < 1.29 is 39.6 Å². The van der Waals surface area contributed by atoms with E-state index in [0.29, 0.717) is 19.3 Å². The lowest BCUT2D eigenvalue weighted by Crippen LogP contribution is -2.23. The van der Waals surface area contributed by atoms with Crippen molar-refractivity contribution in [1.29, 1.82) is 0 Å². The lowest BCUT2D eigenvalue weighted by atomic mass is 10.0. The maximum Gasteiger partial charge on any atom is 0.317 e. The average molecular weight is 405 g/mol. The van der Waals surface area contributed by atoms with Gasteiger partial charge in [0, 0.05) is 12.8 Å². The van der Waals surface area contributed by atoms with Gasteiger partial charge in [0.2, 0.25) is 0 Å². The lowest BCUT2D eigenvalue weighted by Gasteiger charge is -2.06. The summed E-state index contributed by atoms with van der Waals surface area (Å²) in [4.78, 5) is 41.3. The Morgan fingerprint density at radius 3 is 1.29 bits per heavy atom. The summed E-state index contributed by atoms with van der Waals surface area (Å²) < 4.78 is 0. The van der Waals surface area contributed by atoms with Crippen LogP contribution in [-0.4, -0.2) is 44.3 Å². The second kappa shape index (κ2) is 19.6. The molecule has 0 aliphatic carbocycles. The number of rotatable bonds is 17. The van der Waals surface area contributed by atoms with E-state index in [4.69, 9.17) is 20.4 Å². The highest BCUT2D eigenvalue weighted by atomic mass is 16.4. The van der Waals surface area contributed by atoms with Crippen LogP contribution in [0.15, 0.2) is 0 Å². The second-order valence-electron chi connectivity index (χ2n) is 6.84. The third-order valence-corrected chi connectivity index (χ3v) is 4.22. The van der Waals surface area contributed by atoms with E-state index in [-0.39, 0.29) is 19.3 Å². The van der Waals surface area contributed by atoms with Gasteiger partial charge in [0.25, 0.3) is 0 Å². The third-order valence-electron chi connectivity index (χ3n) is 4.22. The molecule has 0 heterocycles. The maximum absolute atomic E-state index is 10.5. The van der Waals surface area contributed by atoms with Gasteiger partial charge in [0.15, 0.2) is 5.92 Å². The Morgan fingerprint density at radius 1 is 0.571 bits per heavy atom. The largest absolute Gasteiger partial charge is 0.481 e. The highest BCUT2D eigenvalue weighted by molar-refractivity contribution is 5.92. The van der Waals surface area contributed by atoms with Crippen molar-refractivity contribution in [3.05, 3.63) is 0 Å². The molecule has 0 fully saturated rings. The molecule has 4 N–H and O–H groups in total. The summed E-state index contributed by atoms with van der Waals surface area (Å²) >= 11 is 0. The Hall–Kier alpha value is -2.12. The fourth-order valence-electron chi connectivity index (χ4n) is 2.56. The van der Waals surface area contributed by atoms with Crippen LogP contribution in [-0.2, 0) is 19.2 Å². The van der Waals surface area contributed by atoms with E-state index < -0.39 is 29.8 Å². The Kier molecular flexibility index (Phi) is 19.7. The minimum atomic E-state index is -1.23. The molecule has 0 unspecified atom stereocenters. The molecule has 8 nitrogen and oxygen atoms in total. The topological polar surface area (TPSA) is 149 Å². The molecule has 0 spiro atoms. The third kappa shape index (κ3) is 21.9. The number of unbranched alkanes of at least 4 members (excludes halogenated alkanes) is 9. The van der Waals surface area contributed by atoms with E-state index in [0.717, 1.165) is 38.5 Å². The monoisotopic (exact) mass is 404 g/mol. The van der Waals surface area contributed by atoms with Crippen molar-refractivity contribution in [1.82, 2.24) is 0 Å². The fraction of sp³-hybridized carbons (Fsp3) is 0.800. The van der Waals surface area contributed by atoms with E-state index in [1.807, 2.05) is 0 Å². The summed E-state index contributed by atoms with van der Waals surface area (Å²) in [7, 11) is 0. The molecular weight excluding hydrogens is 368 g/mol. The molecule has 164 valence electrons. The number of carboxylic acid groups (broad SMARTS) is 4. The highest BCUT2D eigenvalue weighted by Crippen LogP contribution is 2.13. The van der Waals surface area contributed by atoms with E-state index in [2.05, 4.69) is 6.92 Å². The van der Waals surface area contributed by atoms with Gasteiger partial charge in [-0.1, -0.05) is 64.7 Å². The Balaban J connectivity index is 0. The summed E-state index contributed by atoms with van der Waals surface area (Å²) in [5.41, 5.74) is 0. The van der Waals surface area contributed by atoms with Gasteiger partial charge in [0.1, 0.15) is 0 Å². The van der Waals surface area contributed by atoms with Crippen molar-refractivity contribution in [3.8, 4) is 0 Å². The Morgan fingerprint density at radius 2 is 0.929 bits per heavy atom. The quantitative estimate of drug-likeness (QED) is 0.206. The standard InChI is InChI=1S/C11H20O4.C9H16O4/c1-2-3-4-5-6-7-8-9(10(12)13)11(14)15;10-8(11)6-4-2-1-3-5-7-9(12)13/h9H,2-8H2,1H3,(H,12,13)(H,14,15);1-7H2,(H,10,11)(H,12,13). The molecule has 0 rings (SSSR count). The van der Waals surface area contributed by atoms with Gasteiger partial charge in [-0.3, -0.25) is 19.2 Å². The van der Waals surface area contributed by atoms with Crippen LogP contribution in [0.4, 0.5) is 0 Å². The summed E-state index contributed by atoms with van der Waals surface area (Å²) in [5.74, 6) is -5.20. The molecule has 0 bridgehead atoms. The number of carboxylic acids is 4. The SMILES string of the molecule is CCCCCCCCC(C(=O)O)C(=O)O.O=C(O)CCCCCCCC(=O)O. The number of carbonyl (C=O) groups is 4. The van der Waals surface area contributed by atoms with Gasteiger partial charge in [-0.25, -0.2) is 0 Å². The smallest absolute Gasteiger partial charge is 0.317 e. The number of hydrogen-bond acceptors (Lipinski definition) is 4. The Labute approximate surface area is 167 Å². The van der Waals surface area contributed by atoms with Crippen LogP contribution < -0.4 is 0 Å². The zero-order chi connectivity index (χ0) is 21.8. The molecule has 0 atom stereocenters. The molecule has 0 aliphatic rings. The molecule has 0 aromatic rings. The normalized spacial score (nSPS) is 10.2. The molecule has 0 aliphatic heterocycles. The molecule has 0 saturated carbocycles. The van der Waals surface area contributed by atoms with Crippen molar-refractivity contribution in [3.63, 3.8) is 0 Å². The summed E-state index contributed by atoms with van der Waals surface area (Å²) in [5, 5.41) is 33.8. The van der Waals surface area contributed by atoms with Crippen molar-refractivity contribution in [2.45, 2.75) is 96.8 Å². The molecule has 28 heavy (non-hydrogen) atoms. The van der Waals surface area contributed by atoms with Crippen LogP contribution in [0.5, 0.6) is 0 Å². The van der Waals surface area contributed by atoms with Gasteiger partial charge in [-0.15, -0.1) is 0 Å². The molecule has 0 amide bonds. The van der Waals surface area contributed by atoms with Crippen molar-refractivity contribution >= 4 is 23.9 Å².